The molecule has 0 amide bonds. The molecule has 0 radical (unpaired) electrons. The first-order chi connectivity index (χ1) is 10.3. The number of aromatic hydroxyl groups is 1. The maximum absolute atomic E-state index is 10.2. The van der Waals surface area contributed by atoms with E-state index in [1.165, 1.54) is 0 Å². The van der Waals surface area contributed by atoms with E-state index in [-0.39, 0.29) is 0 Å². The number of benzene rings is 3. The van der Waals surface area contributed by atoms with E-state index in [4.69, 9.17) is 0 Å². The molecule has 1 N–H and O–H groups in total. The van der Waals surface area contributed by atoms with Crippen LogP contribution in [0.2, 0.25) is 0 Å². The number of hydrogen-bond acceptors (Lipinski definition) is 2. The standard InChI is InChI=1S/C18H14N2O/c21-18-10-9-13-5-1-2-6-14(13)15(18)11-20-12-19-16-7-3-4-8-17(16)20/h1-10,12,21H,11H2. The number of nitrogens with zero attached hydrogens (tertiary/aromatic N) is 2. The zero-order valence-corrected chi connectivity index (χ0v) is 11.4. The van der Waals surface area contributed by atoms with E-state index in [1.807, 2.05) is 54.9 Å². The maximum atomic E-state index is 10.2. The van der Waals surface area contributed by atoms with E-state index < -0.39 is 0 Å². The van der Waals surface area contributed by atoms with Gasteiger partial charge in [0.15, 0.2) is 0 Å². The van der Waals surface area contributed by atoms with Crippen molar-refractivity contribution in [1.82, 2.24) is 9.55 Å². The van der Waals surface area contributed by atoms with Crippen LogP contribution in [0.3, 0.4) is 0 Å². The molecule has 1 aromatic heterocycles. The Kier molecular flexibility index (Phi) is 2.64. The second-order valence-corrected chi connectivity index (χ2v) is 5.15. The Balaban J connectivity index is 1.89. The van der Waals surface area contributed by atoms with Crippen LogP contribution in [0, 0.1) is 0 Å². The molecule has 102 valence electrons. The molecule has 0 unspecified atom stereocenters. The van der Waals surface area contributed by atoms with Gasteiger partial charge < -0.3 is 9.67 Å². The quantitative estimate of drug-likeness (QED) is 0.601. The third kappa shape index (κ3) is 1.94. The monoisotopic (exact) mass is 274 g/mol. The lowest BCUT2D eigenvalue weighted by molar-refractivity contribution is 0.467. The minimum absolute atomic E-state index is 0.325. The largest absolute Gasteiger partial charge is 0.508 e. The maximum Gasteiger partial charge on any atom is 0.121 e. The molecule has 0 atom stereocenters. The van der Waals surface area contributed by atoms with Crippen molar-refractivity contribution >= 4 is 21.8 Å². The predicted octanol–water partition coefficient (Wildman–Crippen LogP) is 3.94. The molecule has 21 heavy (non-hydrogen) atoms. The SMILES string of the molecule is Oc1ccc2ccccc2c1Cn1cnc2ccccc21. The molecular weight excluding hydrogens is 260 g/mol. The number of fused-ring (bicyclic) bond motifs is 2. The summed E-state index contributed by atoms with van der Waals surface area (Å²) in [6, 6.07) is 19.8. The lowest BCUT2D eigenvalue weighted by Gasteiger charge is -2.10. The van der Waals surface area contributed by atoms with E-state index >= 15 is 0 Å². The van der Waals surface area contributed by atoms with Crippen molar-refractivity contribution in [3.05, 3.63) is 72.6 Å². The molecular formula is C18H14N2O. The summed E-state index contributed by atoms with van der Waals surface area (Å²) >= 11 is 0. The Labute approximate surface area is 122 Å². The number of aromatic nitrogens is 2. The van der Waals surface area contributed by atoms with Crippen LogP contribution in [-0.4, -0.2) is 14.7 Å². The second-order valence-electron chi connectivity index (χ2n) is 5.15. The van der Waals surface area contributed by atoms with Crippen molar-refractivity contribution in [2.75, 3.05) is 0 Å². The number of phenols is 1. The van der Waals surface area contributed by atoms with Gasteiger partial charge in [-0.05, 0) is 29.0 Å². The summed E-state index contributed by atoms with van der Waals surface area (Å²) in [5.41, 5.74) is 2.97. The Morgan fingerprint density at radius 1 is 0.905 bits per heavy atom. The lowest BCUT2D eigenvalue weighted by atomic mass is 10.0. The molecule has 1 heterocycles. The van der Waals surface area contributed by atoms with Crippen molar-refractivity contribution in [2.45, 2.75) is 6.54 Å². The summed E-state index contributed by atoms with van der Waals surface area (Å²) in [6.07, 6.45) is 1.83. The molecule has 0 saturated heterocycles. The summed E-state index contributed by atoms with van der Waals surface area (Å²) in [6.45, 7) is 0.605. The highest BCUT2D eigenvalue weighted by atomic mass is 16.3. The van der Waals surface area contributed by atoms with Crippen LogP contribution >= 0.6 is 0 Å². The van der Waals surface area contributed by atoms with Crippen LogP contribution in [0.1, 0.15) is 5.56 Å². The van der Waals surface area contributed by atoms with E-state index in [1.54, 1.807) is 6.07 Å². The van der Waals surface area contributed by atoms with Gasteiger partial charge in [0.05, 0.1) is 23.9 Å². The molecule has 0 spiro atoms. The van der Waals surface area contributed by atoms with Crippen LogP contribution in [0.5, 0.6) is 5.75 Å². The Morgan fingerprint density at radius 3 is 2.67 bits per heavy atom. The predicted molar refractivity (Wildman–Crippen MR) is 84.4 cm³/mol. The molecule has 3 nitrogen and oxygen atoms in total. The molecule has 0 fully saturated rings. The van der Waals surface area contributed by atoms with Crippen LogP contribution in [0.15, 0.2) is 67.0 Å². The Bertz CT molecular complexity index is 940. The smallest absolute Gasteiger partial charge is 0.121 e. The Morgan fingerprint density at radius 2 is 1.71 bits per heavy atom. The van der Waals surface area contributed by atoms with Crippen LogP contribution < -0.4 is 0 Å². The van der Waals surface area contributed by atoms with Gasteiger partial charge in [0.25, 0.3) is 0 Å². The molecule has 0 aliphatic heterocycles. The van der Waals surface area contributed by atoms with Crippen molar-refractivity contribution in [3.63, 3.8) is 0 Å². The number of rotatable bonds is 2. The fourth-order valence-corrected chi connectivity index (χ4v) is 2.80. The van der Waals surface area contributed by atoms with Gasteiger partial charge in [0.2, 0.25) is 0 Å². The van der Waals surface area contributed by atoms with Gasteiger partial charge >= 0.3 is 0 Å². The van der Waals surface area contributed by atoms with Gasteiger partial charge in [0.1, 0.15) is 5.75 Å². The first-order valence-corrected chi connectivity index (χ1v) is 6.92. The fraction of sp³-hybridized carbons (Fsp3) is 0.0556. The molecule has 0 aliphatic carbocycles. The topological polar surface area (TPSA) is 38.0 Å². The molecule has 4 aromatic rings. The molecule has 4 rings (SSSR count). The summed E-state index contributed by atoms with van der Waals surface area (Å²) in [5.74, 6) is 0.325. The Hall–Kier alpha value is -2.81. The molecule has 3 aromatic carbocycles. The van der Waals surface area contributed by atoms with Crippen molar-refractivity contribution in [1.29, 1.82) is 0 Å². The number of para-hydroxylation sites is 2. The third-order valence-corrected chi connectivity index (χ3v) is 3.87. The number of imidazole rings is 1. The van der Waals surface area contributed by atoms with Gasteiger partial charge in [-0.25, -0.2) is 4.98 Å². The fourth-order valence-electron chi connectivity index (χ4n) is 2.80. The van der Waals surface area contributed by atoms with Gasteiger partial charge in [-0.2, -0.15) is 0 Å². The van der Waals surface area contributed by atoms with E-state index in [0.717, 1.165) is 27.4 Å². The summed E-state index contributed by atoms with van der Waals surface area (Å²) in [4.78, 5) is 4.41. The highest BCUT2D eigenvalue weighted by Gasteiger charge is 2.09. The normalized spacial score (nSPS) is 11.2. The lowest BCUT2D eigenvalue weighted by Crippen LogP contribution is -1.99. The van der Waals surface area contributed by atoms with Gasteiger partial charge in [-0.15, -0.1) is 0 Å². The minimum atomic E-state index is 0.325. The van der Waals surface area contributed by atoms with Crippen LogP contribution in [-0.2, 0) is 6.54 Å². The average Bonchev–Trinajstić information content (AvgIpc) is 2.93. The van der Waals surface area contributed by atoms with Crippen LogP contribution in [0.4, 0.5) is 0 Å². The molecule has 0 saturated carbocycles. The van der Waals surface area contributed by atoms with Crippen molar-refractivity contribution in [2.24, 2.45) is 0 Å². The number of hydrogen-bond donors (Lipinski definition) is 1. The average molecular weight is 274 g/mol. The zero-order valence-electron chi connectivity index (χ0n) is 11.4. The first kappa shape index (κ1) is 12.0. The van der Waals surface area contributed by atoms with Crippen LogP contribution in [0.25, 0.3) is 21.8 Å². The van der Waals surface area contributed by atoms with E-state index in [9.17, 15) is 5.11 Å². The van der Waals surface area contributed by atoms with Crippen molar-refractivity contribution < 1.29 is 5.11 Å². The number of phenolic OH excluding ortho intramolecular Hbond substituents is 1. The van der Waals surface area contributed by atoms with Gasteiger partial charge in [-0.3, -0.25) is 0 Å². The van der Waals surface area contributed by atoms with Gasteiger partial charge in [0, 0.05) is 5.56 Å². The zero-order chi connectivity index (χ0) is 14.2. The highest BCUT2D eigenvalue weighted by Crippen LogP contribution is 2.28. The van der Waals surface area contributed by atoms with Gasteiger partial charge in [-0.1, -0.05) is 42.5 Å². The molecule has 3 heteroatoms. The second kappa shape index (κ2) is 4.63. The third-order valence-electron chi connectivity index (χ3n) is 3.87. The minimum Gasteiger partial charge on any atom is -0.508 e. The van der Waals surface area contributed by atoms with E-state index in [0.29, 0.717) is 12.3 Å². The summed E-state index contributed by atoms with van der Waals surface area (Å²) in [7, 11) is 0. The molecule has 0 bridgehead atoms. The molecule has 0 aliphatic rings. The summed E-state index contributed by atoms with van der Waals surface area (Å²) in [5, 5.41) is 12.5. The van der Waals surface area contributed by atoms with E-state index in [2.05, 4.69) is 15.6 Å². The summed E-state index contributed by atoms with van der Waals surface area (Å²) < 4.78 is 2.07. The highest BCUT2D eigenvalue weighted by molar-refractivity contribution is 5.88. The first-order valence-electron chi connectivity index (χ1n) is 6.92. The van der Waals surface area contributed by atoms with Crippen molar-refractivity contribution in [3.8, 4) is 5.75 Å².